The molecule has 2 heterocycles. The lowest BCUT2D eigenvalue weighted by Gasteiger charge is -2.08. The molecule has 2 aromatic heterocycles. The maximum absolute atomic E-state index is 4.71. The van der Waals surface area contributed by atoms with Gasteiger partial charge in [-0.15, -0.1) is 0 Å². The Morgan fingerprint density at radius 1 is 1.17 bits per heavy atom. The van der Waals surface area contributed by atoms with Gasteiger partial charge in [0.1, 0.15) is 0 Å². The summed E-state index contributed by atoms with van der Waals surface area (Å²) in [6, 6.07) is 8.52. The summed E-state index contributed by atoms with van der Waals surface area (Å²) in [5, 5.41) is 11.6. The summed E-state index contributed by atoms with van der Waals surface area (Å²) in [6.45, 7) is 8.39. The molecule has 23 heavy (non-hydrogen) atoms. The predicted molar refractivity (Wildman–Crippen MR) is 94.9 cm³/mol. The number of aromatic amines is 1. The van der Waals surface area contributed by atoms with Crippen LogP contribution in [0.25, 0.3) is 28.0 Å². The molecule has 3 rings (SSSR count). The van der Waals surface area contributed by atoms with Gasteiger partial charge >= 0.3 is 0 Å². The van der Waals surface area contributed by atoms with Crippen molar-refractivity contribution in [3.63, 3.8) is 0 Å². The van der Waals surface area contributed by atoms with Crippen LogP contribution in [-0.4, -0.2) is 20.0 Å². The van der Waals surface area contributed by atoms with Crippen molar-refractivity contribution in [1.82, 2.24) is 20.0 Å². The van der Waals surface area contributed by atoms with Crippen LogP contribution in [0.2, 0.25) is 0 Å². The first-order valence-electron chi connectivity index (χ1n) is 7.93. The van der Waals surface area contributed by atoms with Gasteiger partial charge in [-0.3, -0.25) is 9.78 Å². The van der Waals surface area contributed by atoms with E-state index in [0.29, 0.717) is 0 Å². The van der Waals surface area contributed by atoms with Gasteiger partial charge in [-0.1, -0.05) is 44.2 Å². The van der Waals surface area contributed by atoms with E-state index in [4.69, 9.17) is 5.10 Å². The molecule has 1 aromatic carbocycles. The third kappa shape index (κ3) is 2.84. The molecule has 0 aliphatic rings. The van der Waals surface area contributed by atoms with Gasteiger partial charge < -0.3 is 0 Å². The first-order chi connectivity index (χ1) is 11.1. The van der Waals surface area contributed by atoms with Crippen molar-refractivity contribution in [2.24, 2.45) is 7.05 Å². The number of nitrogens with one attached hydrogen (secondary N) is 1. The van der Waals surface area contributed by atoms with E-state index in [0.717, 1.165) is 46.5 Å². The lowest BCUT2D eigenvalue weighted by atomic mass is 9.97. The number of H-pyrrole nitrogens is 1. The molecule has 0 fully saturated rings. The summed E-state index contributed by atoms with van der Waals surface area (Å²) in [5.74, 6) is 0. The number of hydrogen-bond donors (Lipinski definition) is 1. The van der Waals surface area contributed by atoms with Crippen LogP contribution in [0.3, 0.4) is 0 Å². The molecule has 4 heteroatoms. The Morgan fingerprint density at radius 2 is 1.87 bits per heavy atom. The van der Waals surface area contributed by atoms with E-state index in [9.17, 15) is 0 Å². The average Bonchev–Trinajstić information content (AvgIpc) is 3.16. The molecule has 3 aromatic rings. The summed E-state index contributed by atoms with van der Waals surface area (Å²) < 4.78 is 1.97. The molecular formula is C19H22N4. The fourth-order valence-corrected chi connectivity index (χ4v) is 3.00. The van der Waals surface area contributed by atoms with Gasteiger partial charge in [0, 0.05) is 29.9 Å². The molecule has 1 N–H and O–H groups in total. The van der Waals surface area contributed by atoms with Crippen molar-refractivity contribution in [1.29, 1.82) is 0 Å². The Morgan fingerprint density at radius 3 is 2.43 bits per heavy atom. The molecule has 0 amide bonds. The van der Waals surface area contributed by atoms with Crippen LogP contribution in [0.5, 0.6) is 0 Å². The normalized spacial score (nSPS) is 10.9. The van der Waals surface area contributed by atoms with Gasteiger partial charge in [-0.2, -0.15) is 10.2 Å². The van der Waals surface area contributed by atoms with E-state index in [1.807, 2.05) is 24.1 Å². The van der Waals surface area contributed by atoms with Crippen molar-refractivity contribution < 1.29 is 0 Å². The van der Waals surface area contributed by atoms with Crippen molar-refractivity contribution in [3.05, 3.63) is 54.5 Å². The van der Waals surface area contributed by atoms with Gasteiger partial charge in [0.05, 0.1) is 17.6 Å². The zero-order valence-electron chi connectivity index (χ0n) is 13.9. The Bertz CT molecular complexity index is 808. The molecule has 4 nitrogen and oxygen atoms in total. The molecule has 0 aliphatic carbocycles. The highest BCUT2D eigenvalue weighted by Gasteiger charge is 2.17. The molecule has 0 aliphatic heterocycles. The van der Waals surface area contributed by atoms with Crippen LogP contribution in [-0.2, 0) is 13.5 Å². The Kier molecular flexibility index (Phi) is 4.15. The smallest absolute Gasteiger partial charge is 0.0756 e. The second-order valence-electron chi connectivity index (χ2n) is 5.89. The maximum Gasteiger partial charge on any atom is 0.0756 e. The van der Waals surface area contributed by atoms with Crippen molar-refractivity contribution in [2.45, 2.75) is 26.7 Å². The van der Waals surface area contributed by atoms with Crippen LogP contribution in [0, 0.1) is 0 Å². The lowest BCUT2D eigenvalue weighted by molar-refractivity contribution is 0.739. The Hall–Kier alpha value is -2.62. The van der Waals surface area contributed by atoms with E-state index >= 15 is 0 Å². The highest BCUT2D eigenvalue weighted by molar-refractivity contribution is 5.80. The summed E-state index contributed by atoms with van der Waals surface area (Å²) in [7, 11) is 2.00. The monoisotopic (exact) mass is 306 g/mol. The van der Waals surface area contributed by atoms with Crippen LogP contribution in [0.1, 0.15) is 31.5 Å². The van der Waals surface area contributed by atoms with E-state index in [-0.39, 0.29) is 0 Å². The van der Waals surface area contributed by atoms with E-state index in [2.05, 4.69) is 54.9 Å². The summed E-state index contributed by atoms with van der Waals surface area (Å²) in [6.07, 6.45) is 5.79. The van der Waals surface area contributed by atoms with Crippen LogP contribution < -0.4 is 0 Å². The number of benzene rings is 1. The molecule has 0 saturated carbocycles. The topological polar surface area (TPSA) is 46.5 Å². The molecule has 0 unspecified atom stereocenters. The fourth-order valence-electron chi connectivity index (χ4n) is 3.00. The van der Waals surface area contributed by atoms with Gasteiger partial charge in [-0.25, -0.2) is 0 Å². The summed E-state index contributed by atoms with van der Waals surface area (Å²) in [4.78, 5) is 0. The Balaban J connectivity index is 2.06. The van der Waals surface area contributed by atoms with E-state index in [1.54, 1.807) is 0 Å². The van der Waals surface area contributed by atoms with Gasteiger partial charge in [0.15, 0.2) is 0 Å². The largest absolute Gasteiger partial charge is 0.285 e. The minimum absolute atomic E-state index is 0.975. The molecule has 0 bridgehead atoms. The van der Waals surface area contributed by atoms with Gasteiger partial charge in [0.2, 0.25) is 0 Å². The predicted octanol–water partition coefficient (Wildman–Crippen LogP) is 4.46. The molecule has 0 spiro atoms. The highest BCUT2D eigenvalue weighted by Crippen LogP contribution is 2.32. The standard InChI is InChI=1S/C19H22N4/c1-5-6-17-18(13(2)3)19(23(4)22-17)15-9-7-14(8-10-15)16-11-20-21-12-16/h7-12H,2,5-6H2,1,3-4H3,(H,20,21). The molecule has 0 radical (unpaired) electrons. The van der Waals surface area contributed by atoms with Crippen LogP contribution in [0.4, 0.5) is 0 Å². The first kappa shape index (κ1) is 15.3. The zero-order valence-corrected chi connectivity index (χ0v) is 13.9. The number of aromatic nitrogens is 4. The van der Waals surface area contributed by atoms with Gasteiger partial charge in [-0.05, 0) is 24.5 Å². The summed E-state index contributed by atoms with van der Waals surface area (Å²) >= 11 is 0. The maximum atomic E-state index is 4.71. The molecule has 118 valence electrons. The van der Waals surface area contributed by atoms with Crippen LogP contribution in [0.15, 0.2) is 43.2 Å². The molecule has 0 saturated heterocycles. The second-order valence-corrected chi connectivity index (χ2v) is 5.89. The van der Waals surface area contributed by atoms with Crippen molar-refractivity contribution >= 4 is 5.57 Å². The van der Waals surface area contributed by atoms with Crippen molar-refractivity contribution in [2.75, 3.05) is 0 Å². The number of rotatable bonds is 5. The fraction of sp³-hybridized carbons (Fsp3) is 0.263. The average molecular weight is 306 g/mol. The summed E-state index contributed by atoms with van der Waals surface area (Å²) in [5.41, 5.74) is 7.92. The third-order valence-electron chi connectivity index (χ3n) is 4.02. The number of nitrogens with zero attached hydrogens (tertiary/aromatic N) is 3. The highest BCUT2D eigenvalue weighted by atomic mass is 15.3. The number of allylic oxidation sites excluding steroid dienone is 1. The van der Waals surface area contributed by atoms with Gasteiger partial charge in [0.25, 0.3) is 0 Å². The SMILES string of the molecule is C=C(C)c1c(CCC)nn(C)c1-c1ccc(-c2cn[nH]c2)cc1. The zero-order chi connectivity index (χ0) is 16.4. The number of hydrogen-bond acceptors (Lipinski definition) is 2. The third-order valence-corrected chi connectivity index (χ3v) is 4.02. The number of aryl methyl sites for hydroxylation is 2. The van der Waals surface area contributed by atoms with E-state index < -0.39 is 0 Å². The lowest BCUT2D eigenvalue weighted by Crippen LogP contribution is -1.95. The second kappa shape index (κ2) is 6.24. The first-order valence-corrected chi connectivity index (χ1v) is 7.93. The minimum atomic E-state index is 0.975. The molecular weight excluding hydrogens is 284 g/mol. The van der Waals surface area contributed by atoms with Crippen LogP contribution >= 0.6 is 0 Å². The molecule has 0 atom stereocenters. The quantitative estimate of drug-likeness (QED) is 0.756. The minimum Gasteiger partial charge on any atom is -0.285 e. The van der Waals surface area contributed by atoms with E-state index in [1.165, 1.54) is 5.56 Å². The van der Waals surface area contributed by atoms with Crippen molar-refractivity contribution in [3.8, 4) is 22.4 Å². The Labute approximate surface area is 136 Å².